The fraction of sp³-hybridized carbons (Fsp3) is 0.214. The summed E-state index contributed by atoms with van der Waals surface area (Å²) in [7, 11) is 0. The standard InChI is InChI=1S/C28H25N3O5/c1-2-16-30-27(33)21-13-7-6-12-20(21)26(29-30)28(34)36-18-25(32)31-22-14-8-9-15-24(22)35-17-23(31)19-10-4-3-5-11-19/h3-15,23H,2,16-18H2,1H3. The van der Waals surface area contributed by atoms with Crippen molar-refractivity contribution in [1.29, 1.82) is 0 Å². The Morgan fingerprint density at radius 2 is 1.67 bits per heavy atom. The van der Waals surface area contributed by atoms with Gasteiger partial charge in [-0.05, 0) is 30.2 Å². The Hall–Kier alpha value is -4.46. The number of nitrogens with zero attached hydrogens (tertiary/aromatic N) is 3. The third-order valence-electron chi connectivity index (χ3n) is 6.11. The quantitative estimate of drug-likeness (QED) is 0.383. The minimum Gasteiger partial charge on any atom is -0.489 e. The molecule has 1 unspecified atom stereocenters. The van der Waals surface area contributed by atoms with Crippen LogP contribution in [0.15, 0.2) is 83.7 Å². The van der Waals surface area contributed by atoms with Crippen molar-refractivity contribution in [1.82, 2.24) is 9.78 Å². The molecule has 1 atom stereocenters. The van der Waals surface area contributed by atoms with Crippen molar-refractivity contribution >= 4 is 28.3 Å². The van der Waals surface area contributed by atoms with E-state index in [9.17, 15) is 14.4 Å². The minimum atomic E-state index is -0.762. The lowest BCUT2D eigenvalue weighted by Crippen LogP contribution is -2.43. The number of carbonyl (C=O) groups is 2. The third kappa shape index (κ3) is 4.33. The number of anilines is 1. The maximum atomic E-state index is 13.5. The van der Waals surface area contributed by atoms with Gasteiger partial charge in [-0.3, -0.25) is 14.5 Å². The average Bonchev–Trinajstić information content (AvgIpc) is 2.93. The second kappa shape index (κ2) is 10.0. The highest BCUT2D eigenvalue weighted by Crippen LogP contribution is 2.39. The molecular formula is C28H25N3O5. The van der Waals surface area contributed by atoms with Gasteiger partial charge in [0.2, 0.25) is 0 Å². The Labute approximate surface area is 207 Å². The monoisotopic (exact) mass is 483 g/mol. The van der Waals surface area contributed by atoms with E-state index in [4.69, 9.17) is 9.47 Å². The minimum absolute atomic E-state index is 0.00781. The molecule has 2 heterocycles. The van der Waals surface area contributed by atoms with Crippen LogP contribution in [-0.4, -0.2) is 34.9 Å². The van der Waals surface area contributed by atoms with E-state index in [2.05, 4.69) is 5.10 Å². The van der Waals surface area contributed by atoms with E-state index in [1.165, 1.54) is 4.68 Å². The number of fused-ring (bicyclic) bond motifs is 2. The first-order chi connectivity index (χ1) is 17.6. The van der Waals surface area contributed by atoms with Gasteiger partial charge in [0, 0.05) is 11.9 Å². The summed E-state index contributed by atoms with van der Waals surface area (Å²) in [6, 6.07) is 23.2. The molecular weight excluding hydrogens is 458 g/mol. The third-order valence-corrected chi connectivity index (χ3v) is 6.11. The van der Waals surface area contributed by atoms with Crippen LogP contribution in [0.1, 0.15) is 35.4 Å². The number of esters is 1. The van der Waals surface area contributed by atoms with Crippen LogP contribution in [-0.2, 0) is 16.1 Å². The van der Waals surface area contributed by atoms with Crippen molar-refractivity contribution in [3.05, 3.63) is 100 Å². The Morgan fingerprint density at radius 1 is 0.972 bits per heavy atom. The maximum Gasteiger partial charge on any atom is 0.359 e. The average molecular weight is 484 g/mol. The molecule has 8 nitrogen and oxygen atoms in total. The van der Waals surface area contributed by atoms with E-state index in [0.29, 0.717) is 35.2 Å². The Bertz CT molecular complexity index is 1480. The normalized spacial score (nSPS) is 14.7. The number of benzene rings is 3. The molecule has 8 heteroatoms. The van der Waals surface area contributed by atoms with Crippen molar-refractivity contribution in [2.24, 2.45) is 0 Å². The molecule has 182 valence electrons. The SMILES string of the molecule is CCCn1nc(C(=O)OCC(=O)N2c3ccccc3OCC2c2ccccc2)c2ccccc2c1=O. The molecule has 0 saturated carbocycles. The molecule has 1 amide bonds. The van der Waals surface area contributed by atoms with Crippen LogP contribution in [0.2, 0.25) is 0 Å². The fourth-order valence-corrected chi connectivity index (χ4v) is 4.43. The lowest BCUT2D eigenvalue weighted by molar-refractivity contribution is -0.122. The first-order valence-electron chi connectivity index (χ1n) is 11.8. The summed E-state index contributed by atoms with van der Waals surface area (Å²) in [6.45, 7) is 2.07. The summed E-state index contributed by atoms with van der Waals surface area (Å²) in [5, 5.41) is 5.04. The van der Waals surface area contributed by atoms with E-state index in [1.807, 2.05) is 49.4 Å². The zero-order chi connectivity index (χ0) is 25.1. The zero-order valence-electron chi connectivity index (χ0n) is 19.8. The van der Waals surface area contributed by atoms with Gasteiger partial charge in [-0.2, -0.15) is 5.10 Å². The van der Waals surface area contributed by atoms with Gasteiger partial charge < -0.3 is 9.47 Å². The van der Waals surface area contributed by atoms with Crippen molar-refractivity contribution in [3.8, 4) is 5.75 Å². The first kappa shape index (κ1) is 23.3. The van der Waals surface area contributed by atoms with E-state index in [1.54, 1.807) is 41.3 Å². The van der Waals surface area contributed by atoms with Crippen LogP contribution in [0.3, 0.4) is 0 Å². The summed E-state index contributed by atoms with van der Waals surface area (Å²) in [6.07, 6.45) is 0.676. The van der Waals surface area contributed by atoms with E-state index in [-0.39, 0.29) is 29.8 Å². The van der Waals surface area contributed by atoms with E-state index < -0.39 is 12.6 Å². The maximum absolute atomic E-state index is 13.5. The molecule has 0 N–H and O–H groups in total. The van der Waals surface area contributed by atoms with Gasteiger partial charge in [0.25, 0.3) is 11.5 Å². The molecule has 0 bridgehead atoms. The highest BCUT2D eigenvalue weighted by Gasteiger charge is 2.34. The molecule has 0 aliphatic carbocycles. The number of para-hydroxylation sites is 2. The molecule has 1 aliphatic heterocycles. The van der Waals surface area contributed by atoms with Gasteiger partial charge in [-0.25, -0.2) is 9.48 Å². The van der Waals surface area contributed by atoms with Crippen LogP contribution in [0.25, 0.3) is 10.8 Å². The number of carbonyl (C=O) groups excluding carboxylic acids is 2. The van der Waals surface area contributed by atoms with Crippen molar-refractivity contribution in [2.45, 2.75) is 25.9 Å². The van der Waals surface area contributed by atoms with Gasteiger partial charge in [0.1, 0.15) is 12.4 Å². The van der Waals surface area contributed by atoms with Gasteiger partial charge in [0.05, 0.1) is 17.1 Å². The number of amides is 1. The topological polar surface area (TPSA) is 90.7 Å². The molecule has 3 aromatic carbocycles. The number of aryl methyl sites for hydroxylation is 1. The largest absolute Gasteiger partial charge is 0.489 e. The summed E-state index contributed by atoms with van der Waals surface area (Å²) in [5.41, 5.74) is 1.26. The Kier molecular flexibility index (Phi) is 6.49. The van der Waals surface area contributed by atoms with Crippen LogP contribution < -0.4 is 15.2 Å². The predicted molar refractivity (Wildman–Crippen MR) is 135 cm³/mol. The molecule has 1 aromatic heterocycles. The van der Waals surface area contributed by atoms with E-state index in [0.717, 1.165) is 5.56 Å². The van der Waals surface area contributed by atoms with Crippen LogP contribution in [0.4, 0.5) is 5.69 Å². The number of ether oxygens (including phenoxy) is 2. The summed E-state index contributed by atoms with van der Waals surface area (Å²) >= 11 is 0. The lowest BCUT2D eigenvalue weighted by atomic mass is 10.0. The first-order valence-corrected chi connectivity index (χ1v) is 11.8. The Morgan fingerprint density at radius 3 is 2.44 bits per heavy atom. The summed E-state index contributed by atoms with van der Waals surface area (Å²) < 4.78 is 12.7. The van der Waals surface area contributed by atoms with Crippen LogP contribution in [0.5, 0.6) is 5.75 Å². The highest BCUT2D eigenvalue weighted by atomic mass is 16.5. The summed E-state index contributed by atoms with van der Waals surface area (Å²) in [5.74, 6) is -0.565. The number of hydrogen-bond donors (Lipinski definition) is 0. The van der Waals surface area contributed by atoms with Crippen LogP contribution >= 0.6 is 0 Å². The molecule has 5 rings (SSSR count). The number of rotatable bonds is 6. The second-order valence-corrected chi connectivity index (χ2v) is 8.47. The van der Waals surface area contributed by atoms with Gasteiger partial charge in [-0.15, -0.1) is 0 Å². The predicted octanol–water partition coefficient (Wildman–Crippen LogP) is 4.13. The smallest absolute Gasteiger partial charge is 0.359 e. The molecule has 36 heavy (non-hydrogen) atoms. The highest BCUT2D eigenvalue weighted by molar-refractivity contribution is 6.04. The molecule has 0 spiro atoms. The van der Waals surface area contributed by atoms with Gasteiger partial charge >= 0.3 is 5.97 Å². The molecule has 4 aromatic rings. The molecule has 0 fully saturated rings. The van der Waals surface area contributed by atoms with Crippen molar-refractivity contribution in [3.63, 3.8) is 0 Å². The number of hydrogen-bond acceptors (Lipinski definition) is 6. The lowest BCUT2D eigenvalue weighted by Gasteiger charge is -2.37. The second-order valence-electron chi connectivity index (χ2n) is 8.47. The van der Waals surface area contributed by atoms with Crippen molar-refractivity contribution < 1.29 is 19.1 Å². The summed E-state index contributed by atoms with van der Waals surface area (Å²) in [4.78, 5) is 40.9. The Balaban J connectivity index is 1.44. The van der Waals surface area contributed by atoms with Crippen molar-refractivity contribution in [2.75, 3.05) is 18.1 Å². The molecule has 0 radical (unpaired) electrons. The molecule has 0 saturated heterocycles. The molecule has 1 aliphatic rings. The number of aromatic nitrogens is 2. The van der Waals surface area contributed by atoms with Gasteiger partial charge in [0.15, 0.2) is 12.3 Å². The zero-order valence-corrected chi connectivity index (χ0v) is 19.8. The van der Waals surface area contributed by atoms with Gasteiger partial charge in [-0.1, -0.05) is 67.6 Å². The fourth-order valence-electron chi connectivity index (χ4n) is 4.43. The van der Waals surface area contributed by atoms with Crippen LogP contribution in [0, 0.1) is 0 Å². The van der Waals surface area contributed by atoms with E-state index >= 15 is 0 Å².